The quantitative estimate of drug-likeness (QED) is 0.862. The van der Waals surface area contributed by atoms with Gasteiger partial charge in [-0.05, 0) is 25.0 Å². The molecule has 1 atom stereocenters. The summed E-state index contributed by atoms with van der Waals surface area (Å²) in [5.41, 5.74) is 12.1. The van der Waals surface area contributed by atoms with Crippen molar-refractivity contribution >= 4 is 46.6 Å². The summed E-state index contributed by atoms with van der Waals surface area (Å²) in [6.45, 7) is 1.70. The second-order valence-corrected chi connectivity index (χ2v) is 7.24. The number of hydrogen-bond acceptors (Lipinski definition) is 6. The first-order chi connectivity index (χ1) is 11.0. The summed E-state index contributed by atoms with van der Waals surface area (Å²) in [6.07, 6.45) is 3.83. The van der Waals surface area contributed by atoms with E-state index in [0.29, 0.717) is 20.9 Å². The first-order valence-electron chi connectivity index (χ1n) is 7.29. The fraction of sp³-hybridized carbons (Fsp3) is 0.333. The molecule has 3 rings (SSSR count). The van der Waals surface area contributed by atoms with Crippen molar-refractivity contribution in [3.8, 4) is 0 Å². The van der Waals surface area contributed by atoms with Gasteiger partial charge < -0.3 is 16.4 Å². The van der Waals surface area contributed by atoms with E-state index < -0.39 is 0 Å². The Kier molecular flexibility index (Phi) is 5.16. The standard InChI is InChI=1S/C15H17Cl2N5S/c16-10-4-1-5-11(13(10)17)23-15-14(19)21-12(7-20-15)22-6-2-3-9(18)8-22/h1,4-5,7,9H,2-3,6,8,18H2,(H2,19,21)/t9-/m1/s1. The molecule has 1 aromatic heterocycles. The predicted octanol–water partition coefficient (Wildman–Crippen LogP) is 3.44. The number of nitrogen functional groups attached to an aromatic ring is 1. The van der Waals surface area contributed by atoms with Gasteiger partial charge in [-0.2, -0.15) is 0 Å². The van der Waals surface area contributed by atoms with Crippen LogP contribution in [0.25, 0.3) is 0 Å². The van der Waals surface area contributed by atoms with Crippen LogP contribution in [0.4, 0.5) is 11.6 Å². The fourth-order valence-electron chi connectivity index (χ4n) is 2.50. The van der Waals surface area contributed by atoms with E-state index >= 15 is 0 Å². The third-order valence-electron chi connectivity index (χ3n) is 3.66. The second kappa shape index (κ2) is 7.13. The summed E-state index contributed by atoms with van der Waals surface area (Å²) in [7, 11) is 0. The largest absolute Gasteiger partial charge is 0.381 e. The van der Waals surface area contributed by atoms with E-state index in [-0.39, 0.29) is 6.04 Å². The summed E-state index contributed by atoms with van der Waals surface area (Å²) < 4.78 is 0. The van der Waals surface area contributed by atoms with Crippen molar-refractivity contribution in [3.05, 3.63) is 34.4 Å². The van der Waals surface area contributed by atoms with Gasteiger partial charge >= 0.3 is 0 Å². The van der Waals surface area contributed by atoms with Gasteiger partial charge in [0.25, 0.3) is 0 Å². The lowest BCUT2D eigenvalue weighted by Gasteiger charge is -2.31. The minimum atomic E-state index is 0.172. The van der Waals surface area contributed by atoms with Crippen molar-refractivity contribution in [1.82, 2.24) is 9.97 Å². The molecule has 1 aliphatic heterocycles. The lowest BCUT2D eigenvalue weighted by molar-refractivity contribution is 0.502. The molecule has 0 spiro atoms. The second-order valence-electron chi connectivity index (χ2n) is 5.42. The van der Waals surface area contributed by atoms with Crippen LogP contribution < -0.4 is 16.4 Å². The molecule has 122 valence electrons. The van der Waals surface area contributed by atoms with Crippen molar-refractivity contribution in [1.29, 1.82) is 0 Å². The maximum atomic E-state index is 6.20. The minimum absolute atomic E-state index is 0.172. The Labute approximate surface area is 149 Å². The average molecular weight is 370 g/mol. The highest BCUT2D eigenvalue weighted by Gasteiger charge is 2.19. The molecule has 1 aromatic carbocycles. The third-order valence-corrected chi connectivity index (χ3v) is 5.66. The Hall–Kier alpha value is -1.21. The number of hydrogen-bond donors (Lipinski definition) is 2. The topological polar surface area (TPSA) is 81.1 Å². The molecule has 1 fully saturated rings. The predicted molar refractivity (Wildman–Crippen MR) is 96.5 cm³/mol. The van der Waals surface area contributed by atoms with Gasteiger partial charge in [0.1, 0.15) is 10.8 Å². The number of nitrogens with zero attached hydrogens (tertiary/aromatic N) is 3. The van der Waals surface area contributed by atoms with Crippen LogP contribution in [0.1, 0.15) is 12.8 Å². The van der Waals surface area contributed by atoms with Crippen molar-refractivity contribution < 1.29 is 0 Å². The van der Waals surface area contributed by atoms with Crippen LogP contribution in [-0.4, -0.2) is 29.1 Å². The van der Waals surface area contributed by atoms with Crippen LogP contribution in [-0.2, 0) is 0 Å². The number of halogens is 2. The molecule has 5 nitrogen and oxygen atoms in total. The molecular formula is C15H17Cl2N5S. The van der Waals surface area contributed by atoms with Crippen molar-refractivity contribution in [3.63, 3.8) is 0 Å². The molecule has 0 amide bonds. The van der Waals surface area contributed by atoms with Crippen molar-refractivity contribution in [2.75, 3.05) is 23.7 Å². The third kappa shape index (κ3) is 3.83. The Morgan fingerprint density at radius 2 is 2.13 bits per heavy atom. The smallest absolute Gasteiger partial charge is 0.158 e. The molecular weight excluding hydrogens is 353 g/mol. The van der Waals surface area contributed by atoms with Crippen LogP contribution >= 0.6 is 35.0 Å². The van der Waals surface area contributed by atoms with Gasteiger partial charge in [0.2, 0.25) is 0 Å². The molecule has 1 aliphatic rings. The number of anilines is 2. The average Bonchev–Trinajstić information content (AvgIpc) is 2.53. The van der Waals surface area contributed by atoms with Gasteiger partial charge in [-0.25, -0.2) is 9.97 Å². The molecule has 2 aromatic rings. The van der Waals surface area contributed by atoms with Crippen molar-refractivity contribution in [2.24, 2.45) is 5.73 Å². The van der Waals surface area contributed by atoms with Gasteiger partial charge in [0, 0.05) is 24.0 Å². The Morgan fingerprint density at radius 1 is 1.30 bits per heavy atom. The minimum Gasteiger partial charge on any atom is -0.381 e. The molecule has 23 heavy (non-hydrogen) atoms. The van der Waals surface area contributed by atoms with Gasteiger partial charge in [-0.15, -0.1) is 0 Å². The van der Waals surface area contributed by atoms with Gasteiger partial charge in [0.15, 0.2) is 5.82 Å². The molecule has 0 radical (unpaired) electrons. The molecule has 8 heteroatoms. The number of rotatable bonds is 3. The van der Waals surface area contributed by atoms with Crippen LogP contribution in [0.2, 0.25) is 10.0 Å². The molecule has 4 N–H and O–H groups in total. The monoisotopic (exact) mass is 369 g/mol. The highest BCUT2D eigenvalue weighted by Crippen LogP contribution is 2.38. The van der Waals surface area contributed by atoms with E-state index in [2.05, 4.69) is 14.9 Å². The summed E-state index contributed by atoms with van der Waals surface area (Å²) in [6, 6.07) is 5.62. The molecule has 1 saturated heterocycles. The molecule has 2 heterocycles. The van der Waals surface area contributed by atoms with E-state index in [4.69, 9.17) is 34.7 Å². The Bertz CT molecular complexity index is 712. The van der Waals surface area contributed by atoms with Gasteiger partial charge in [-0.1, -0.05) is 41.0 Å². The van der Waals surface area contributed by atoms with Gasteiger partial charge in [-0.3, -0.25) is 0 Å². The lowest BCUT2D eigenvalue weighted by Crippen LogP contribution is -2.43. The zero-order valence-electron chi connectivity index (χ0n) is 12.4. The fourth-order valence-corrected chi connectivity index (χ4v) is 3.78. The highest BCUT2D eigenvalue weighted by atomic mass is 35.5. The molecule has 0 unspecified atom stereocenters. The first-order valence-corrected chi connectivity index (χ1v) is 8.86. The summed E-state index contributed by atoms with van der Waals surface area (Å²) >= 11 is 13.6. The van der Waals surface area contributed by atoms with E-state index in [1.165, 1.54) is 11.8 Å². The van der Waals surface area contributed by atoms with E-state index in [1.807, 2.05) is 12.1 Å². The zero-order chi connectivity index (χ0) is 16.4. The Balaban J connectivity index is 1.81. The van der Waals surface area contributed by atoms with Crippen LogP contribution in [0.3, 0.4) is 0 Å². The first kappa shape index (κ1) is 16.6. The van der Waals surface area contributed by atoms with Crippen molar-refractivity contribution in [2.45, 2.75) is 28.8 Å². The van der Waals surface area contributed by atoms with Crippen LogP contribution in [0.5, 0.6) is 0 Å². The molecule has 0 bridgehead atoms. The van der Waals surface area contributed by atoms with Gasteiger partial charge in [0.05, 0.1) is 16.2 Å². The summed E-state index contributed by atoms with van der Waals surface area (Å²) in [5.74, 6) is 1.14. The zero-order valence-corrected chi connectivity index (χ0v) is 14.7. The van der Waals surface area contributed by atoms with E-state index in [1.54, 1.807) is 12.3 Å². The lowest BCUT2D eigenvalue weighted by atomic mass is 10.1. The Morgan fingerprint density at radius 3 is 2.87 bits per heavy atom. The number of aromatic nitrogens is 2. The number of benzene rings is 1. The maximum Gasteiger partial charge on any atom is 0.158 e. The molecule has 0 aliphatic carbocycles. The SMILES string of the molecule is Nc1nc(N2CCC[C@@H](N)C2)cnc1Sc1cccc(Cl)c1Cl. The normalized spacial score (nSPS) is 18.2. The highest BCUT2D eigenvalue weighted by molar-refractivity contribution is 7.99. The summed E-state index contributed by atoms with van der Waals surface area (Å²) in [5, 5.41) is 1.60. The number of piperidine rings is 1. The summed E-state index contributed by atoms with van der Waals surface area (Å²) in [4.78, 5) is 11.8. The van der Waals surface area contributed by atoms with Crippen LogP contribution in [0, 0.1) is 0 Å². The van der Waals surface area contributed by atoms with E-state index in [9.17, 15) is 0 Å². The van der Waals surface area contributed by atoms with E-state index in [0.717, 1.165) is 36.6 Å². The number of nitrogens with two attached hydrogens (primary N) is 2. The van der Waals surface area contributed by atoms with Crippen LogP contribution in [0.15, 0.2) is 34.3 Å². The maximum absolute atomic E-state index is 6.20. The molecule has 0 saturated carbocycles.